The number of nitroso groups, excluding NO2 is 1. The van der Waals surface area contributed by atoms with Crippen molar-refractivity contribution in [2.45, 2.75) is 39.7 Å². The van der Waals surface area contributed by atoms with Gasteiger partial charge in [0.25, 0.3) is 11.8 Å². The Hall–Kier alpha value is -2.76. The van der Waals surface area contributed by atoms with E-state index in [0.29, 0.717) is 34.1 Å². The van der Waals surface area contributed by atoms with Crippen LogP contribution in [0.15, 0.2) is 35.6 Å². The number of anilines is 1. The Morgan fingerprint density at radius 3 is 2.36 bits per heavy atom. The lowest BCUT2D eigenvalue weighted by molar-refractivity contribution is 0.0608. The molecule has 0 aromatic heterocycles. The maximum atomic E-state index is 12.8. The molecule has 3 rings (SSSR count). The van der Waals surface area contributed by atoms with Crippen molar-refractivity contribution in [3.05, 3.63) is 46.4 Å². The molecule has 0 radical (unpaired) electrons. The lowest BCUT2D eigenvalue weighted by Crippen LogP contribution is -2.41. The molecule has 0 atom stereocenters. The van der Waals surface area contributed by atoms with Crippen LogP contribution in [0.25, 0.3) is 10.8 Å². The monoisotopic (exact) mass is 339 g/mol. The first kappa shape index (κ1) is 17.1. The van der Waals surface area contributed by atoms with Gasteiger partial charge in [-0.1, -0.05) is 25.5 Å². The Morgan fingerprint density at radius 2 is 1.76 bits per heavy atom. The summed E-state index contributed by atoms with van der Waals surface area (Å²) in [5, 5.41) is 5.77. The summed E-state index contributed by atoms with van der Waals surface area (Å²) in [4.78, 5) is 38.2. The first-order valence-corrected chi connectivity index (χ1v) is 8.55. The highest BCUT2D eigenvalue weighted by Crippen LogP contribution is 2.36. The van der Waals surface area contributed by atoms with E-state index in [1.807, 2.05) is 26.8 Å². The number of rotatable bonds is 6. The van der Waals surface area contributed by atoms with Crippen LogP contribution in [-0.2, 0) is 0 Å². The summed E-state index contributed by atoms with van der Waals surface area (Å²) in [6, 6.07) is 8.62. The predicted octanol–water partition coefficient (Wildman–Crippen LogP) is 4.13. The fourth-order valence-corrected chi connectivity index (χ4v) is 3.27. The number of amides is 2. The number of carbonyl (C=O) groups excluding carboxylic acids is 2. The molecule has 2 amide bonds. The van der Waals surface area contributed by atoms with Crippen molar-refractivity contribution in [2.75, 3.05) is 11.6 Å². The molecule has 1 aliphatic heterocycles. The maximum absolute atomic E-state index is 12.8. The SMILES string of the molecule is CCCCN1C(=O)c2cccc3c(N(N=O)C(C)C)ccc(c23)C1=O. The standard InChI is InChI=1S/C19H21N3O3/c1-4-5-11-21-18(23)14-8-6-7-13-16(22(20-25)12(2)3)10-9-15(17(13)14)19(21)24/h6-10,12H,4-5,11H2,1-3H3. The summed E-state index contributed by atoms with van der Waals surface area (Å²) >= 11 is 0. The Labute approximate surface area is 146 Å². The molecule has 0 N–H and O–H groups in total. The van der Waals surface area contributed by atoms with Gasteiger partial charge < -0.3 is 0 Å². The van der Waals surface area contributed by atoms with Crippen LogP contribution in [-0.4, -0.2) is 29.3 Å². The summed E-state index contributed by atoms with van der Waals surface area (Å²) in [7, 11) is 0. The van der Waals surface area contributed by atoms with Gasteiger partial charge in [0.1, 0.15) is 0 Å². The van der Waals surface area contributed by atoms with Crippen LogP contribution < -0.4 is 5.01 Å². The Bertz CT molecular complexity index is 838. The molecule has 25 heavy (non-hydrogen) atoms. The van der Waals surface area contributed by atoms with Gasteiger partial charge in [-0.05, 0) is 38.5 Å². The van der Waals surface area contributed by atoms with Crippen molar-refractivity contribution < 1.29 is 9.59 Å². The van der Waals surface area contributed by atoms with Gasteiger partial charge >= 0.3 is 0 Å². The highest BCUT2D eigenvalue weighted by Gasteiger charge is 2.33. The van der Waals surface area contributed by atoms with Gasteiger partial charge in [-0.15, -0.1) is 4.91 Å². The average Bonchev–Trinajstić information content (AvgIpc) is 2.60. The van der Waals surface area contributed by atoms with Gasteiger partial charge in [-0.25, -0.2) is 5.01 Å². The third-order valence-electron chi connectivity index (χ3n) is 4.53. The summed E-state index contributed by atoms with van der Waals surface area (Å²) in [5.41, 5.74) is 1.60. The fraction of sp³-hybridized carbons (Fsp3) is 0.368. The first-order valence-electron chi connectivity index (χ1n) is 8.55. The highest BCUT2D eigenvalue weighted by atomic mass is 16.3. The molecule has 2 aromatic carbocycles. The summed E-state index contributed by atoms with van der Waals surface area (Å²) in [6.45, 7) is 6.16. The molecule has 130 valence electrons. The summed E-state index contributed by atoms with van der Waals surface area (Å²) in [5.74, 6) is -0.548. The van der Waals surface area contributed by atoms with Crippen molar-refractivity contribution in [1.29, 1.82) is 0 Å². The third-order valence-corrected chi connectivity index (χ3v) is 4.53. The maximum Gasteiger partial charge on any atom is 0.261 e. The van der Waals surface area contributed by atoms with Crippen molar-refractivity contribution in [2.24, 2.45) is 5.29 Å². The van der Waals surface area contributed by atoms with Crippen LogP contribution in [0.4, 0.5) is 5.69 Å². The van der Waals surface area contributed by atoms with Crippen LogP contribution in [0.1, 0.15) is 54.3 Å². The molecule has 0 unspecified atom stereocenters. The van der Waals surface area contributed by atoms with Crippen molar-refractivity contribution >= 4 is 28.3 Å². The average molecular weight is 339 g/mol. The smallest absolute Gasteiger partial charge is 0.261 e. The lowest BCUT2D eigenvalue weighted by Gasteiger charge is -2.29. The van der Waals surface area contributed by atoms with E-state index in [1.54, 1.807) is 24.3 Å². The molecule has 0 spiro atoms. The summed E-state index contributed by atoms with van der Waals surface area (Å²) < 4.78 is 0. The number of nitrogens with zero attached hydrogens (tertiary/aromatic N) is 3. The third kappa shape index (κ3) is 2.67. The fourth-order valence-electron chi connectivity index (χ4n) is 3.27. The van der Waals surface area contributed by atoms with Gasteiger partial charge in [-0.3, -0.25) is 14.5 Å². The number of hydrogen-bond acceptors (Lipinski definition) is 4. The molecule has 0 fully saturated rings. The van der Waals surface area contributed by atoms with Gasteiger partial charge in [-0.2, -0.15) is 0 Å². The van der Waals surface area contributed by atoms with E-state index < -0.39 is 0 Å². The molecule has 6 nitrogen and oxygen atoms in total. The van der Waals surface area contributed by atoms with Crippen LogP contribution in [0.5, 0.6) is 0 Å². The molecular formula is C19H21N3O3. The second kappa shape index (κ2) is 6.63. The van der Waals surface area contributed by atoms with E-state index in [4.69, 9.17) is 0 Å². The number of benzene rings is 2. The highest BCUT2D eigenvalue weighted by molar-refractivity contribution is 6.26. The van der Waals surface area contributed by atoms with Crippen molar-refractivity contribution in [3.63, 3.8) is 0 Å². The molecule has 2 aromatic rings. The second-order valence-electron chi connectivity index (χ2n) is 6.50. The van der Waals surface area contributed by atoms with E-state index in [-0.39, 0.29) is 17.9 Å². The second-order valence-corrected chi connectivity index (χ2v) is 6.50. The predicted molar refractivity (Wildman–Crippen MR) is 97.6 cm³/mol. The van der Waals surface area contributed by atoms with Gasteiger partial charge in [0.05, 0.1) is 17.0 Å². The molecule has 0 aliphatic carbocycles. The Morgan fingerprint density at radius 1 is 1.08 bits per heavy atom. The zero-order valence-corrected chi connectivity index (χ0v) is 14.7. The molecular weight excluding hydrogens is 318 g/mol. The molecule has 0 bridgehead atoms. The van der Waals surface area contributed by atoms with Crippen molar-refractivity contribution in [1.82, 2.24) is 4.90 Å². The van der Waals surface area contributed by atoms with Gasteiger partial charge in [0, 0.05) is 28.4 Å². The van der Waals surface area contributed by atoms with E-state index in [0.717, 1.165) is 12.8 Å². The number of hydrogen-bond donors (Lipinski definition) is 0. The lowest BCUT2D eigenvalue weighted by atomic mass is 9.92. The quantitative estimate of drug-likeness (QED) is 0.451. The first-order chi connectivity index (χ1) is 12.0. The van der Waals surface area contributed by atoms with E-state index >= 15 is 0 Å². The van der Waals surface area contributed by atoms with Crippen LogP contribution in [0, 0.1) is 4.91 Å². The number of unbranched alkanes of at least 4 members (excludes halogenated alkanes) is 1. The zero-order chi connectivity index (χ0) is 18.1. The topological polar surface area (TPSA) is 70.1 Å². The molecule has 1 heterocycles. The molecule has 0 saturated heterocycles. The minimum atomic E-state index is -0.274. The van der Waals surface area contributed by atoms with E-state index in [2.05, 4.69) is 5.29 Å². The van der Waals surface area contributed by atoms with Crippen LogP contribution in [0.2, 0.25) is 0 Å². The largest absolute Gasteiger partial charge is 0.274 e. The van der Waals surface area contributed by atoms with Crippen LogP contribution >= 0.6 is 0 Å². The Kier molecular flexibility index (Phi) is 4.53. The van der Waals surface area contributed by atoms with Gasteiger partial charge in [0.2, 0.25) is 0 Å². The number of imide groups is 1. The minimum Gasteiger partial charge on any atom is -0.274 e. The van der Waals surface area contributed by atoms with Crippen molar-refractivity contribution in [3.8, 4) is 0 Å². The van der Waals surface area contributed by atoms with Gasteiger partial charge in [0.15, 0.2) is 0 Å². The van der Waals surface area contributed by atoms with E-state index in [9.17, 15) is 14.5 Å². The molecule has 0 saturated carbocycles. The number of carbonyl (C=O) groups is 2. The zero-order valence-electron chi connectivity index (χ0n) is 14.7. The van der Waals surface area contributed by atoms with Crippen LogP contribution in [0.3, 0.4) is 0 Å². The molecule has 1 aliphatic rings. The molecule has 6 heteroatoms. The Balaban J connectivity index is 2.22. The van der Waals surface area contributed by atoms with E-state index in [1.165, 1.54) is 9.91 Å². The summed E-state index contributed by atoms with van der Waals surface area (Å²) in [6.07, 6.45) is 1.68. The minimum absolute atomic E-state index is 0.134. The normalized spacial score (nSPS) is 13.7.